The highest BCUT2D eigenvalue weighted by Gasteiger charge is 2.16. The Balaban J connectivity index is 2.92. The zero-order valence-corrected chi connectivity index (χ0v) is 13.0. The topological polar surface area (TPSA) is 41.1 Å². The predicted octanol–water partition coefficient (Wildman–Crippen LogP) is 2.91. The van der Waals surface area contributed by atoms with E-state index >= 15 is 0 Å². The molecule has 1 aromatic heterocycles. The van der Waals surface area contributed by atoms with Crippen molar-refractivity contribution < 1.29 is 0 Å². The molecule has 1 aromatic rings. The van der Waals surface area contributed by atoms with Crippen molar-refractivity contribution in [2.24, 2.45) is 0 Å². The van der Waals surface area contributed by atoms with Crippen LogP contribution in [0.2, 0.25) is 0 Å². The molecule has 0 aromatic carbocycles. The van der Waals surface area contributed by atoms with Crippen molar-refractivity contribution in [1.29, 1.82) is 0 Å². The van der Waals surface area contributed by atoms with Gasteiger partial charge in [-0.3, -0.25) is 0 Å². The first kappa shape index (κ1) is 15.9. The fraction of sp³-hybridized carbons (Fsp3) is 0.733. The molecule has 0 saturated carbocycles. The van der Waals surface area contributed by atoms with Crippen LogP contribution in [0.4, 0.5) is 5.95 Å². The molecule has 4 nitrogen and oxygen atoms in total. The van der Waals surface area contributed by atoms with E-state index in [0.29, 0.717) is 6.04 Å². The first-order chi connectivity index (χ1) is 9.13. The van der Waals surface area contributed by atoms with Crippen LogP contribution in [0, 0.1) is 6.92 Å². The molecular weight excluding hydrogens is 236 g/mol. The summed E-state index contributed by atoms with van der Waals surface area (Å²) in [4.78, 5) is 11.6. The van der Waals surface area contributed by atoms with Gasteiger partial charge < -0.3 is 10.2 Å². The third-order valence-corrected chi connectivity index (χ3v) is 3.57. The van der Waals surface area contributed by atoms with Crippen LogP contribution in [-0.4, -0.2) is 29.6 Å². The Hall–Kier alpha value is -1.16. The molecule has 0 saturated heterocycles. The molecule has 4 heteroatoms. The Morgan fingerprint density at radius 1 is 1.37 bits per heavy atom. The SMILES string of the molecule is CCCCN(c1ncc(CNC)c(C)n1)C(C)CC. The van der Waals surface area contributed by atoms with Crippen molar-refractivity contribution in [3.05, 3.63) is 17.5 Å². The minimum Gasteiger partial charge on any atom is -0.338 e. The Morgan fingerprint density at radius 3 is 2.63 bits per heavy atom. The van der Waals surface area contributed by atoms with E-state index in [1.165, 1.54) is 18.4 Å². The van der Waals surface area contributed by atoms with Gasteiger partial charge in [0.05, 0.1) is 0 Å². The third kappa shape index (κ3) is 4.46. The summed E-state index contributed by atoms with van der Waals surface area (Å²) in [5, 5.41) is 3.15. The minimum absolute atomic E-state index is 0.487. The van der Waals surface area contributed by atoms with Gasteiger partial charge in [-0.05, 0) is 33.7 Å². The lowest BCUT2D eigenvalue weighted by atomic mass is 10.2. The van der Waals surface area contributed by atoms with Gasteiger partial charge in [-0.1, -0.05) is 20.3 Å². The van der Waals surface area contributed by atoms with Crippen LogP contribution in [0.3, 0.4) is 0 Å². The molecule has 1 rings (SSSR count). The van der Waals surface area contributed by atoms with Crippen LogP contribution in [-0.2, 0) is 6.54 Å². The maximum absolute atomic E-state index is 4.69. The van der Waals surface area contributed by atoms with Crippen molar-refractivity contribution in [3.63, 3.8) is 0 Å². The van der Waals surface area contributed by atoms with Crippen LogP contribution in [0.1, 0.15) is 51.3 Å². The van der Waals surface area contributed by atoms with Crippen molar-refractivity contribution in [2.45, 2.75) is 59.5 Å². The van der Waals surface area contributed by atoms with Gasteiger partial charge in [0, 0.05) is 36.6 Å². The van der Waals surface area contributed by atoms with E-state index in [0.717, 1.165) is 31.2 Å². The van der Waals surface area contributed by atoms with Crippen LogP contribution in [0.5, 0.6) is 0 Å². The fourth-order valence-electron chi connectivity index (χ4n) is 2.05. The first-order valence-electron chi connectivity index (χ1n) is 7.37. The minimum atomic E-state index is 0.487. The molecule has 0 amide bonds. The lowest BCUT2D eigenvalue weighted by molar-refractivity contribution is 0.581. The van der Waals surface area contributed by atoms with Crippen LogP contribution in [0.15, 0.2) is 6.20 Å². The smallest absolute Gasteiger partial charge is 0.225 e. The highest BCUT2D eigenvalue weighted by Crippen LogP contribution is 2.16. The molecule has 1 atom stereocenters. The van der Waals surface area contributed by atoms with Gasteiger partial charge in [0.25, 0.3) is 0 Å². The summed E-state index contributed by atoms with van der Waals surface area (Å²) in [6.45, 7) is 10.6. The largest absolute Gasteiger partial charge is 0.338 e. The van der Waals surface area contributed by atoms with E-state index in [4.69, 9.17) is 0 Å². The van der Waals surface area contributed by atoms with Crippen LogP contribution < -0.4 is 10.2 Å². The molecule has 0 aliphatic rings. The Kier molecular flexibility index (Phi) is 6.78. The molecular formula is C15H28N4. The summed E-state index contributed by atoms with van der Waals surface area (Å²) >= 11 is 0. The second-order valence-electron chi connectivity index (χ2n) is 5.12. The zero-order chi connectivity index (χ0) is 14.3. The molecule has 0 radical (unpaired) electrons. The standard InChI is InChI=1S/C15H28N4/c1-6-8-9-19(12(3)7-2)15-17-11-14(10-16-5)13(4)18-15/h11-12,16H,6-10H2,1-5H3. The van der Waals surface area contributed by atoms with E-state index in [-0.39, 0.29) is 0 Å². The van der Waals surface area contributed by atoms with E-state index in [2.05, 4.69) is 47.9 Å². The van der Waals surface area contributed by atoms with E-state index in [9.17, 15) is 0 Å². The highest BCUT2D eigenvalue weighted by atomic mass is 15.3. The number of anilines is 1. The molecule has 0 bridgehead atoms. The number of nitrogens with one attached hydrogen (secondary N) is 1. The van der Waals surface area contributed by atoms with Gasteiger partial charge in [-0.2, -0.15) is 0 Å². The van der Waals surface area contributed by atoms with Crippen molar-refractivity contribution in [2.75, 3.05) is 18.5 Å². The Labute approximate surface area is 117 Å². The van der Waals surface area contributed by atoms with Crippen LogP contribution in [0.25, 0.3) is 0 Å². The van der Waals surface area contributed by atoms with E-state index in [1.54, 1.807) is 0 Å². The maximum atomic E-state index is 4.69. The number of nitrogens with zero attached hydrogens (tertiary/aromatic N) is 3. The number of hydrogen-bond acceptors (Lipinski definition) is 4. The Bertz CT molecular complexity index is 378. The molecule has 0 aliphatic heterocycles. The summed E-state index contributed by atoms with van der Waals surface area (Å²) in [5.41, 5.74) is 2.25. The summed E-state index contributed by atoms with van der Waals surface area (Å²) < 4.78 is 0. The number of aryl methyl sites for hydroxylation is 1. The third-order valence-electron chi connectivity index (χ3n) is 3.57. The molecule has 1 N–H and O–H groups in total. The number of unbranched alkanes of at least 4 members (excludes halogenated alkanes) is 1. The normalized spacial score (nSPS) is 12.5. The quantitative estimate of drug-likeness (QED) is 0.784. The van der Waals surface area contributed by atoms with Crippen LogP contribution >= 0.6 is 0 Å². The molecule has 1 unspecified atom stereocenters. The van der Waals surface area contributed by atoms with Gasteiger partial charge in [-0.15, -0.1) is 0 Å². The molecule has 0 fully saturated rings. The Morgan fingerprint density at radius 2 is 2.11 bits per heavy atom. The predicted molar refractivity (Wildman–Crippen MR) is 81.5 cm³/mol. The van der Waals surface area contributed by atoms with E-state index < -0.39 is 0 Å². The monoisotopic (exact) mass is 264 g/mol. The van der Waals surface area contributed by atoms with Crippen molar-refractivity contribution >= 4 is 5.95 Å². The lowest BCUT2D eigenvalue weighted by Crippen LogP contribution is -2.35. The van der Waals surface area contributed by atoms with Gasteiger partial charge >= 0.3 is 0 Å². The molecule has 0 spiro atoms. The average Bonchev–Trinajstić information content (AvgIpc) is 2.41. The first-order valence-corrected chi connectivity index (χ1v) is 7.37. The van der Waals surface area contributed by atoms with E-state index in [1.807, 2.05) is 13.2 Å². The van der Waals surface area contributed by atoms with Gasteiger partial charge in [-0.25, -0.2) is 9.97 Å². The molecule has 108 valence electrons. The molecule has 19 heavy (non-hydrogen) atoms. The molecule has 1 heterocycles. The second-order valence-corrected chi connectivity index (χ2v) is 5.12. The fourth-order valence-corrected chi connectivity index (χ4v) is 2.05. The summed E-state index contributed by atoms with van der Waals surface area (Å²) in [6, 6.07) is 0.487. The number of rotatable bonds is 8. The summed E-state index contributed by atoms with van der Waals surface area (Å²) in [5.74, 6) is 0.875. The summed E-state index contributed by atoms with van der Waals surface area (Å²) in [6.07, 6.45) is 5.45. The highest BCUT2D eigenvalue weighted by molar-refractivity contribution is 5.34. The second kappa shape index (κ2) is 8.10. The van der Waals surface area contributed by atoms with Crippen molar-refractivity contribution in [1.82, 2.24) is 15.3 Å². The van der Waals surface area contributed by atoms with Gasteiger partial charge in [0.1, 0.15) is 0 Å². The maximum Gasteiger partial charge on any atom is 0.225 e. The average molecular weight is 264 g/mol. The molecule has 0 aliphatic carbocycles. The number of aromatic nitrogens is 2. The zero-order valence-electron chi connectivity index (χ0n) is 13.0. The lowest BCUT2D eigenvalue weighted by Gasteiger charge is -2.29. The summed E-state index contributed by atoms with van der Waals surface area (Å²) in [7, 11) is 1.94. The number of hydrogen-bond donors (Lipinski definition) is 1. The van der Waals surface area contributed by atoms with Crippen molar-refractivity contribution in [3.8, 4) is 0 Å². The van der Waals surface area contributed by atoms with Gasteiger partial charge in [0.2, 0.25) is 5.95 Å². The van der Waals surface area contributed by atoms with Gasteiger partial charge in [0.15, 0.2) is 0 Å².